The van der Waals surface area contributed by atoms with Gasteiger partial charge in [-0.3, -0.25) is 0 Å². The lowest BCUT2D eigenvalue weighted by Crippen LogP contribution is -2.39. The smallest absolute Gasteiger partial charge is 0.335 e. The minimum atomic E-state index is -0.999. The highest BCUT2D eigenvalue weighted by atomic mass is 35.5. The average molecular weight is 456 g/mol. The number of ether oxygens (including phenoxy) is 1. The van der Waals surface area contributed by atoms with Gasteiger partial charge in [-0.05, 0) is 68.0 Å². The Bertz CT molecular complexity index is 1070. The lowest BCUT2D eigenvalue weighted by Gasteiger charge is -2.38. The van der Waals surface area contributed by atoms with E-state index >= 15 is 0 Å². The first kappa shape index (κ1) is 21.4. The number of benzene rings is 2. The Morgan fingerprint density at radius 1 is 1.29 bits per heavy atom. The van der Waals surface area contributed by atoms with Crippen molar-refractivity contribution in [3.63, 3.8) is 0 Å². The van der Waals surface area contributed by atoms with Gasteiger partial charge in [-0.15, -0.1) is 0 Å². The van der Waals surface area contributed by atoms with Crippen LogP contribution in [0.4, 0.5) is 11.4 Å². The summed E-state index contributed by atoms with van der Waals surface area (Å²) in [5.41, 5.74) is 2.29. The fourth-order valence-corrected chi connectivity index (χ4v) is 4.94. The lowest BCUT2D eigenvalue weighted by molar-refractivity contribution is 0.0696. The van der Waals surface area contributed by atoms with Gasteiger partial charge in [0.05, 0.1) is 32.4 Å². The normalized spacial score (nSPS) is 19.5. The number of hydrogen-bond donors (Lipinski definition) is 2. The molecule has 0 saturated carbocycles. The minimum Gasteiger partial charge on any atom is -0.488 e. The third kappa shape index (κ3) is 4.76. The van der Waals surface area contributed by atoms with E-state index in [9.17, 15) is 15.2 Å². The Morgan fingerprint density at radius 3 is 2.97 bits per heavy atom. The lowest BCUT2D eigenvalue weighted by atomic mass is 9.97. The molecule has 0 aliphatic carbocycles. The summed E-state index contributed by atoms with van der Waals surface area (Å²) >= 11 is 7.66. The predicted molar refractivity (Wildman–Crippen MR) is 123 cm³/mol. The maximum absolute atomic E-state index is 11.4. The van der Waals surface area contributed by atoms with Crippen LogP contribution >= 0.6 is 23.5 Å². The zero-order valence-electron chi connectivity index (χ0n) is 16.8. The molecule has 2 aliphatic rings. The van der Waals surface area contributed by atoms with Crippen LogP contribution in [0.5, 0.6) is 5.75 Å². The first-order valence-corrected chi connectivity index (χ1v) is 11.3. The second kappa shape index (κ2) is 9.54. The van der Waals surface area contributed by atoms with Gasteiger partial charge in [0, 0.05) is 12.6 Å². The van der Waals surface area contributed by atoms with Crippen molar-refractivity contribution in [2.24, 2.45) is 0 Å². The Hall–Kier alpha value is -2.82. The van der Waals surface area contributed by atoms with E-state index in [1.807, 2.05) is 12.1 Å². The molecule has 0 spiro atoms. The summed E-state index contributed by atoms with van der Waals surface area (Å²) < 4.78 is 9.23. The summed E-state index contributed by atoms with van der Waals surface area (Å²) in [6, 6.07) is 10.9. The number of hydrogen-bond acceptors (Lipinski definition) is 6. The highest BCUT2D eigenvalue weighted by Crippen LogP contribution is 2.40. The molecule has 2 N–H and O–H groups in total. The van der Waals surface area contributed by atoms with E-state index in [2.05, 4.69) is 21.8 Å². The second-order valence-corrected chi connectivity index (χ2v) is 8.75. The SMILES string of the molecule is N#Cc1cc2c(cc1Cl)N1CCCCC1C/C=C/COc1ccc(C(=O)O)cc1SN2. The van der Waals surface area contributed by atoms with Crippen LogP contribution < -0.4 is 14.4 Å². The van der Waals surface area contributed by atoms with Crippen LogP contribution in [0.15, 0.2) is 47.4 Å². The molecule has 31 heavy (non-hydrogen) atoms. The molecule has 8 heteroatoms. The molecule has 1 saturated heterocycles. The van der Waals surface area contributed by atoms with Crippen LogP contribution in [0.1, 0.15) is 41.6 Å². The number of carbonyl (C=O) groups is 1. The number of rotatable bonds is 1. The molecule has 1 fully saturated rings. The van der Waals surface area contributed by atoms with Gasteiger partial charge >= 0.3 is 5.97 Å². The largest absolute Gasteiger partial charge is 0.488 e. The summed E-state index contributed by atoms with van der Waals surface area (Å²) in [6.45, 7) is 1.32. The van der Waals surface area contributed by atoms with E-state index in [4.69, 9.17) is 16.3 Å². The van der Waals surface area contributed by atoms with Crippen molar-refractivity contribution in [2.75, 3.05) is 22.8 Å². The summed E-state index contributed by atoms with van der Waals surface area (Å²) in [7, 11) is 0. The van der Waals surface area contributed by atoms with Crippen LogP contribution in [0, 0.1) is 11.3 Å². The van der Waals surface area contributed by atoms with Crippen LogP contribution in [0.3, 0.4) is 0 Å². The van der Waals surface area contributed by atoms with Crippen molar-refractivity contribution in [2.45, 2.75) is 36.6 Å². The molecule has 4 rings (SSSR count). The fraction of sp³-hybridized carbons (Fsp3) is 0.304. The Kier molecular flexibility index (Phi) is 6.59. The van der Waals surface area contributed by atoms with Crippen LogP contribution in [-0.2, 0) is 0 Å². The molecule has 160 valence electrons. The third-order valence-corrected chi connectivity index (χ3v) is 6.69. The van der Waals surface area contributed by atoms with Gasteiger partial charge in [-0.2, -0.15) is 5.26 Å². The number of nitriles is 1. The van der Waals surface area contributed by atoms with Gasteiger partial charge in [-0.25, -0.2) is 4.79 Å². The topological polar surface area (TPSA) is 85.6 Å². The van der Waals surface area contributed by atoms with Crippen molar-refractivity contribution >= 4 is 40.9 Å². The summed E-state index contributed by atoms with van der Waals surface area (Å²) in [6.07, 6.45) is 8.38. The molecular weight excluding hydrogens is 434 g/mol. The summed E-state index contributed by atoms with van der Waals surface area (Å²) in [4.78, 5) is 14.5. The van der Waals surface area contributed by atoms with E-state index in [0.717, 1.165) is 37.2 Å². The van der Waals surface area contributed by atoms with E-state index in [-0.39, 0.29) is 5.56 Å². The van der Waals surface area contributed by atoms with Crippen molar-refractivity contribution in [1.29, 1.82) is 5.26 Å². The average Bonchev–Trinajstić information content (AvgIpc) is 2.79. The molecule has 0 bridgehead atoms. The molecule has 2 heterocycles. The number of aromatic carboxylic acids is 1. The van der Waals surface area contributed by atoms with Gasteiger partial charge in [0.1, 0.15) is 18.4 Å². The molecule has 2 aromatic rings. The molecule has 0 aromatic heterocycles. The minimum absolute atomic E-state index is 0.182. The van der Waals surface area contributed by atoms with E-state index in [1.54, 1.807) is 18.2 Å². The quantitative estimate of drug-likeness (QED) is 0.419. The molecular formula is C23H22ClN3O3S. The number of carboxylic acid groups (broad SMARTS) is 1. The number of fused-ring (bicyclic) bond motifs is 4. The standard InChI is InChI=1S/C23H22ClN3O3S/c24-18-13-20-19(11-16(18)14-25)26-31-22-12-15(23(28)29)7-8-21(22)30-10-4-2-6-17-5-1-3-9-27(17)20/h2,4,7-8,11-13,17,26H,1,3,5-6,9-10H2,(H,28,29)/b4-2+. The number of nitrogens with zero attached hydrogens (tertiary/aromatic N) is 2. The zero-order valence-corrected chi connectivity index (χ0v) is 18.4. The van der Waals surface area contributed by atoms with E-state index in [1.165, 1.54) is 24.4 Å². The fourth-order valence-electron chi connectivity index (χ4n) is 3.94. The summed E-state index contributed by atoms with van der Waals surface area (Å²) in [5.74, 6) is -0.401. The Morgan fingerprint density at radius 2 is 2.16 bits per heavy atom. The van der Waals surface area contributed by atoms with E-state index in [0.29, 0.717) is 33.9 Å². The molecule has 6 nitrogen and oxygen atoms in total. The number of halogens is 1. The number of piperidine rings is 1. The number of nitrogens with one attached hydrogen (secondary N) is 1. The van der Waals surface area contributed by atoms with Crippen molar-refractivity contribution < 1.29 is 14.6 Å². The van der Waals surface area contributed by atoms with Gasteiger partial charge in [-0.1, -0.05) is 23.8 Å². The van der Waals surface area contributed by atoms with Crippen molar-refractivity contribution in [3.05, 3.63) is 58.6 Å². The maximum Gasteiger partial charge on any atom is 0.335 e. The number of carboxylic acids is 1. The monoisotopic (exact) mass is 455 g/mol. The van der Waals surface area contributed by atoms with Crippen molar-refractivity contribution in [3.8, 4) is 11.8 Å². The molecule has 2 aromatic carbocycles. The first-order chi connectivity index (χ1) is 15.1. The third-order valence-electron chi connectivity index (χ3n) is 5.51. The zero-order chi connectivity index (χ0) is 21.8. The summed E-state index contributed by atoms with van der Waals surface area (Å²) in [5, 5.41) is 19.3. The first-order valence-electron chi connectivity index (χ1n) is 10.1. The maximum atomic E-state index is 11.4. The van der Waals surface area contributed by atoms with Crippen LogP contribution in [0.2, 0.25) is 5.02 Å². The van der Waals surface area contributed by atoms with Gasteiger partial charge in [0.25, 0.3) is 0 Å². The van der Waals surface area contributed by atoms with Gasteiger partial charge < -0.3 is 19.5 Å². The highest BCUT2D eigenvalue weighted by molar-refractivity contribution is 8.00. The molecule has 2 aliphatic heterocycles. The van der Waals surface area contributed by atoms with Crippen LogP contribution in [-0.4, -0.2) is 30.3 Å². The van der Waals surface area contributed by atoms with Crippen molar-refractivity contribution in [1.82, 2.24) is 0 Å². The molecule has 1 atom stereocenters. The predicted octanol–water partition coefficient (Wildman–Crippen LogP) is 5.73. The van der Waals surface area contributed by atoms with Gasteiger partial charge in [0.2, 0.25) is 0 Å². The highest BCUT2D eigenvalue weighted by Gasteiger charge is 2.25. The van der Waals surface area contributed by atoms with Gasteiger partial charge in [0.15, 0.2) is 0 Å². The molecule has 0 amide bonds. The molecule has 0 radical (unpaired) electrons. The van der Waals surface area contributed by atoms with Crippen LogP contribution in [0.25, 0.3) is 0 Å². The Labute approximate surface area is 190 Å². The molecule has 1 unspecified atom stereocenters. The second-order valence-electron chi connectivity index (χ2n) is 7.49. The van der Waals surface area contributed by atoms with E-state index < -0.39 is 5.97 Å². The Balaban J connectivity index is 1.78. The number of anilines is 2.